The second kappa shape index (κ2) is 15.7. The molecule has 0 saturated carbocycles. The van der Waals surface area contributed by atoms with E-state index in [2.05, 4.69) is 76.0 Å². The van der Waals surface area contributed by atoms with Gasteiger partial charge in [-0.15, -0.1) is 0 Å². The third kappa shape index (κ3) is 11.4. The zero-order valence-corrected chi connectivity index (χ0v) is 19.9. The Kier molecular flexibility index (Phi) is 14.5. The van der Waals surface area contributed by atoms with E-state index in [0.29, 0.717) is 6.42 Å². The molecule has 1 heterocycles. The number of allylic oxidation sites excluding steroid dienone is 2. The van der Waals surface area contributed by atoms with Crippen LogP contribution in [-0.4, -0.2) is 10.8 Å². The zero-order valence-electron chi connectivity index (χ0n) is 19.9. The lowest BCUT2D eigenvalue weighted by Gasteiger charge is -2.08. The number of benzene rings is 1. The maximum absolute atomic E-state index is 9.81. The van der Waals surface area contributed by atoms with Gasteiger partial charge in [0.05, 0.1) is 5.69 Å². The number of pyridine rings is 1. The van der Waals surface area contributed by atoms with Crippen LogP contribution in [0.3, 0.4) is 0 Å². The number of carbonyl (C=O) groups excluding carboxylic acids is 1. The van der Waals surface area contributed by atoms with E-state index >= 15 is 0 Å². The Balaban J connectivity index is 0.000000591. The largest absolute Gasteiger partial charge is 0.300 e. The van der Waals surface area contributed by atoms with Gasteiger partial charge in [-0.05, 0) is 57.4 Å². The minimum absolute atomic E-state index is 0.255. The second-order valence-electron chi connectivity index (χ2n) is 7.49. The first kappa shape index (κ1) is 26.8. The summed E-state index contributed by atoms with van der Waals surface area (Å²) in [5.74, 6) is 0.255. The van der Waals surface area contributed by atoms with E-state index in [1.165, 1.54) is 53.5 Å². The molecule has 0 saturated heterocycles. The first-order valence-electron chi connectivity index (χ1n) is 11.0. The van der Waals surface area contributed by atoms with Gasteiger partial charge in [0.2, 0.25) is 0 Å². The van der Waals surface area contributed by atoms with Gasteiger partial charge in [0.15, 0.2) is 0 Å². The quantitative estimate of drug-likeness (QED) is 0.460. The summed E-state index contributed by atoms with van der Waals surface area (Å²) in [4.78, 5) is 14.4. The van der Waals surface area contributed by atoms with Crippen molar-refractivity contribution in [2.24, 2.45) is 0 Å². The predicted molar refractivity (Wildman–Crippen MR) is 129 cm³/mol. The Labute approximate surface area is 179 Å². The molecule has 160 valence electrons. The number of nitrogens with zero attached hydrogens (tertiary/aromatic N) is 1. The predicted octanol–water partition coefficient (Wildman–Crippen LogP) is 8.36. The highest BCUT2D eigenvalue weighted by molar-refractivity contribution is 5.74. The molecule has 2 heteroatoms. The molecule has 0 atom stereocenters. The van der Waals surface area contributed by atoms with E-state index in [9.17, 15) is 4.79 Å². The molecule has 0 spiro atoms. The lowest BCUT2D eigenvalue weighted by atomic mass is 10.0. The number of hydrogen-bond acceptors (Lipinski definition) is 2. The van der Waals surface area contributed by atoms with E-state index in [4.69, 9.17) is 0 Å². The summed E-state index contributed by atoms with van der Waals surface area (Å²) in [6.07, 6.45) is 10.3. The van der Waals surface area contributed by atoms with E-state index in [-0.39, 0.29) is 5.78 Å². The van der Waals surface area contributed by atoms with Crippen molar-refractivity contribution in [3.63, 3.8) is 0 Å². The SMILES string of the molecule is C/C=C(/C)c1ncc(-c2ccc(C)cc2)cc1C.CCC(C)=O.CCCCCC. The molecule has 1 aromatic heterocycles. The third-order valence-corrected chi connectivity index (χ3v) is 4.72. The van der Waals surface area contributed by atoms with Gasteiger partial charge in [0, 0.05) is 18.2 Å². The molecule has 0 unspecified atom stereocenters. The fraction of sp³-hybridized carbons (Fsp3) is 0.481. The van der Waals surface area contributed by atoms with Gasteiger partial charge in [0.25, 0.3) is 0 Å². The summed E-state index contributed by atoms with van der Waals surface area (Å²) in [6, 6.07) is 10.8. The van der Waals surface area contributed by atoms with Crippen LogP contribution in [0.1, 0.15) is 90.5 Å². The molecule has 29 heavy (non-hydrogen) atoms. The van der Waals surface area contributed by atoms with Gasteiger partial charge in [-0.3, -0.25) is 4.98 Å². The molecule has 0 aliphatic rings. The lowest BCUT2D eigenvalue weighted by molar-refractivity contribution is -0.116. The third-order valence-electron chi connectivity index (χ3n) is 4.72. The molecule has 2 aromatic rings. The van der Waals surface area contributed by atoms with Gasteiger partial charge < -0.3 is 4.79 Å². The van der Waals surface area contributed by atoms with Crippen molar-refractivity contribution in [2.45, 2.75) is 87.5 Å². The first-order valence-corrected chi connectivity index (χ1v) is 11.0. The Morgan fingerprint density at radius 3 is 1.83 bits per heavy atom. The molecular weight excluding hydrogens is 354 g/mol. The normalized spacial score (nSPS) is 10.4. The summed E-state index contributed by atoms with van der Waals surface area (Å²) in [7, 11) is 0. The first-order chi connectivity index (χ1) is 13.8. The van der Waals surface area contributed by atoms with Crippen molar-refractivity contribution < 1.29 is 4.79 Å². The summed E-state index contributed by atoms with van der Waals surface area (Å²) in [6.45, 7) is 16.3. The molecule has 1 aromatic carbocycles. The Hall–Kier alpha value is -2.22. The van der Waals surface area contributed by atoms with Crippen molar-refractivity contribution >= 4 is 11.4 Å². The van der Waals surface area contributed by atoms with E-state index in [0.717, 1.165) is 5.69 Å². The molecule has 0 aliphatic heterocycles. The van der Waals surface area contributed by atoms with Crippen LogP contribution in [0.25, 0.3) is 16.7 Å². The average Bonchev–Trinajstić information content (AvgIpc) is 2.73. The summed E-state index contributed by atoms with van der Waals surface area (Å²) < 4.78 is 0. The molecule has 0 radical (unpaired) electrons. The Morgan fingerprint density at radius 2 is 1.45 bits per heavy atom. The molecular formula is C27H41NO. The Bertz CT molecular complexity index is 738. The molecule has 2 rings (SSSR count). The number of Topliss-reactive ketones (excluding diaryl/α,β-unsaturated/α-hetero) is 1. The lowest BCUT2D eigenvalue weighted by Crippen LogP contribution is -1.92. The summed E-state index contributed by atoms with van der Waals surface area (Å²) in [5, 5.41) is 0. The minimum Gasteiger partial charge on any atom is -0.300 e. The maximum atomic E-state index is 9.81. The topological polar surface area (TPSA) is 30.0 Å². The van der Waals surface area contributed by atoms with Crippen molar-refractivity contribution in [1.82, 2.24) is 4.98 Å². The zero-order chi connectivity index (χ0) is 22.2. The fourth-order valence-corrected chi connectivity index (χ4v) is 2.53. The minimum atomic E-state index is 0.255. The van der Waals surface area contributed by atoms with Crippen molar-refractivity contribution in [3.05, 3.63) is 59.4 Å². The van der Waals surface area contributed by atoms with Gasteiger partial charge in [-0.2, -0.15) is 0 Å². The summed E-state index contributed by atoms with van der Waals surface area (Å²) >= 11 is 0. The molecule has 0 aliphatic carbocycles. The van der Waals surface area contributed by atoms with Crippen LogP contribution in [0.5, 0.6) is 0 Å². The number of hydrogen-bond donors (Lipinski definition) is 0. The number of ketones is 1. The molecule has 0 bridgehead atoms. The summed E-state index contributed by atoms with van der Waals surface area (Å²) in [5.41, 5.74) is 7.23. The van der Waals surface area contributed by atoms with Crippen LogP contribution in [0.4, 0.5) is 0 Å². The average molecular weight is 396 g/mol. The van der Waals surface area contributed by atoms with Crippen LogP contribution in [0, 0.1) is 13.8 Å². The number of carbonyl (C=O) groups is 1. The standard InChI is InChI=1S/C17H19N.C6H14.C4H8O/c1-5-13(3)17-14(4)10-16(11-18-17)15-8-6-12(2)7-9-15;1-3-5-6-4-2;1-3-4(2)5/h5-11H,1-4H3;3-6H2,1-2H3;3H2,1-2H3/b13-5-;;. The smallest absolute Gasteiger partial charge is 0.129 e. The van der Waals surface area contributed by atoms with Gasteiger partial charge in [-0.1, -0.05) is 82.4 Å². The van der Waals surface area contributed by atoms with Crippen LogP contribution < -0.4 is 0 Å². The van der Waals surface area contributed by atoms with Gasteiger partial charge >= 0.3 is 0 Å². The number of rotatable bonds is 6. The Morgan fingerprint density at radius 1 is 0.931 bits per heavy atom. The van der Waals surface area contributed by atoms with Gasteiger partial charge in [-0.25, -0.2) is 0 Å². The van der Waals surface area contributed by atoms with Crippen LogP contribution in [-0.2, 0) is 4.79 Å². The monoisotopic (exact) mass is 395 g/mol. The molecule has 2 nitrogen and oxygen atoms in total. The van der Waals surface area contributed by atoms with E-state index in [1.54, 1.807) is 6.92 Å². The fourth-order valence-electron chi connectivity index (χ4n) is 2.53. The highest BCUT2D eigenvalue weighted by atomic mass is 16.1. The van der Waals surface area contributed by atoms with Crippen molar-refractivity contribution in [3.8, 4) is 11.1 Å². The van der Waals surface area contributed by atoms with Gasteiger partial charge in [0.1, 0.15) is 5.78 Å². The maximum Gasteiger partial charge on any atom is 0.129 e. The second-order valence-corrected chi connectivity index (χ2v) is 7.49. The number of aromatic nitrogens is 1. The number of unbranched alkanes of at least 4 members (excludes halogenated alkanes) is 3. The molecule has 0 N–H and O–H groups in total. The van der Waals surface area contributed by atoms with Crippen molar-refractivity contribution in [1.29, 1.82) is 0 Å². The van der Waals surface area contributed by atoms with Crippen LogP contribution >= 0.6 is 0 Å². The van der Waals surface area contributed by atoms with Crippen LogP contribution in [0.2, 0.25) is 0 Å². The van der Waals surface area contributed by atoms with E-state index < -0.39 is 0 Å². The molecule has 0 fully saturated rings. The molecule has 0 amide bonds. The van der Waals surface area contributed by atoms with E-state index in [1.807, 2.05) is 20.0 Å². The highest BCUT2D eigenvalue weighted by Crippen LogP contribution is 2.23. The number of aryl methyl sites for hydroxylation is 2. The van der Waals surface area contributed by atoms with Crippen LogP contribution in [0.15, 0.2) is 42.6 Å². The van der Waals surface area contributed by atoms with Crippen molar-refractivity contribution in [2.75, 3.05) is 0 Å². The highest BCUT2D eigenvalue weighted by Gasteiger charge is 2.04.